The summed E-state index contributed by atoms with van der Waals surface area (Å²) in [5.74, 6) is 0.891. The summed E-state index contributed by atoms with van der Waals surface area (Å²) in [6.07, 6.45) is 1.91. The number of rotatable bonds is 8. The number of urea groups is 1. The largest absolute Gasteiger partial charge is 0.455 e. The van der Waals surface area contributed by atoms with Crippen LogP contribution in [0.5, 0.6) is 11.5 Å². The van der Waals surface area contributed by atoms with Gasteiger partial charge in [-0.05, 0) is 43.2 Å². The standard InChI is InChI=1S/C19H22Cl2N2O3S/c1-3-4-8-17(26-18-15(20)9-12(2)10-16(18)21)25-14-7-5-6-13(11-14)23(27)19(22)24/h5-7,9-11,17,27H,3-4,8H2,1-2H3,(H2,22,24). The number of aryl methyl sites for hydroxylation is 1. The third-order valence-corrected chi connectivity index (χ3v) is 4.71. The molecule has 146 valence electrons. The van der Waals surface area contributed by atoms with Crippen molar-refractivity contribution in [1.29, 1.82) is 0 Å². The maximum absolute atomic E-state index is 11.3. The number of nitrogens with zero attached hydrogens (tertiary/aromatic N) is 1. The average molecular weight is 429 g/mol. The van der Waals surface area contributed by atoms with Gasteiger partial charge in [-0.15, -0.1) is 0 Å². The number of amides is 2. The smallest absolute Gasteiger partial charge is 0.329 e. The number of hydrogen-bond acceptors (Lipinski definition) is 4. The Kier molecular flexibility index (Phi) is 7.95. The molecule has 2 rings (SSSR count). The van der Waals surface area contributed by atoms with Gasteiger partial charge in [0.2, 0.25) is 6.29 Å². The zero-order valence-electron chi connectivity index (χ0n) is 15.1. The monoisotopic (exact) mass is 428 g/mol. The number of benzene rings is 2. The second kappa shape index (κ2) is 9.97. The lowest BCUT2D eigenvalue weighted by Crippen LogP contribution is -2.27. The van der Waals surface area contributed by atoms with E-state index in [1.54, 1.807) is 36.4 Å². The van der Waals surface area contributed by atoms with E-state index in [9.17, 15) is 4.79 Å². The van der Waals surface area contributed by atoms with E-state index in [0.717, 1.165) is 22.7 Å². The molecule has 1 unspecified atom stereocenters. The first-order valence-corrected chi connectivity index (χ1v) is 9.64. The van der Waals surface area contributed by atoms with Crippen LogP contribution in [0.4, 0.5) is 10.5 Å². The number of primary amides is 1. The summed E-state index contributed by atoms with van der Waals surface area (Å²) in [5.41, 5.74) is 6.68. The zero-order valence-corrected chi connectivity index (χ0v) is 17.5. The van der Waals surface area contributed by atoms with E-state index in [-0.39, 0.29) is 0 Å². The van der Waals surface area contributed by atoms with Gasteiger partial charge in [0, 0.05) is 12.5 Å². The molecule has 0 aliphatic rings. The number of ether oxygens (including phenoxy) is 2. The Morgan fingerprint density at radius 2 is 1.89 bits per heavy atom. The predicted molar refractivity (Wildman–Crippen MR) is 113 cm³/mol. The molecule has 2 amide bonds. The Bertz CT molecular complexity index is 781. The third kappa shape index (κ3) is 6.13. The van der Waals surface area contributed by atoms with Gasteiger partial charge in [-0.3, -0.25) is 0 Å². The van der Waals surface area contributed by atoms with Crippen molar-refractivity contribution in [2.75, 3.05) is 4.31 Å². The van der Waals surface area contributed by atoms with Gasteiger partial charge in [-0.25, -0.2) is 9.10 Å². The first kappa shape index (κ1) is 21.5. The molecule has 0 fully saturated rings. The summed E-state index contributed by atoms with van der Waals surface area (Å²) in [4.78, 5) is 11.3. The topological polar surface area (TPSA) is 64.8 Å². The fraction of sp³-hybridized carbons (Fsp3) is 0.316. The highest BCUT2D eigenvalue weighted by Crippen LogP contribution is 2.35. The lowest BCUT2D eigenvalue weighted by atomic mass is 10.2. The summed E-state index contributed by atoms with van der Waals surface area (Å²) >= 11 is 16.6. The number of thiol groups is 1. The second-order valence-electron chi connectivity index (χ2n) is 6.01. The van der Waals surface area contributed by atoms with Gasteiger partial charge in [0.25, 0.3) is 0 Å². The Hall–Kier alpha value is -1.76. The third-order valence-electron chi connectivity index (χ3n) is 3.72. The Labute approximate surface area is 174 Å². The van der Waals surface area contributed by atoms with Crippen molar-refractivity contribution in [3.63, 3.8) is 0 Å². The van der Waals surface area contributed by atoms with E-state index in [0.29, 0.717) is 33.7 Å². The van der Waals surface area contributed by atoms with Crippen LogP contribution in [0.1, 0.15) is 31.7 Å². The Morgan fingerprint density at radius 1 is 1.22 bits per heavy atom. The minimum absolute atomic E-state index is 0.383. The number of unbranched alkanes of at least 4 members (excludes halogenated alkanes) is 1. The maximum atomic E-state index is 11.3. The van der Waals surface area contributed by atoms with Gasteiger partial charge in [0.1, 0.15) is 5.75 Å². The predicted octanol–water partition coefficient (Wildman–Crippen LogP) is 6.01. The number of carbonyl (C=O) groups is 1. The minimum Gasteiger partial charge on any atom is -0.455 e. The van der Waals surface area contributed by atoms with Crippen LogP contribution in [-0.2, 0) is 0 Å². The van der Waals surface area contributed by atoms with Crippen LogP contribution in [0.3, 0.4) is 0 Å². The Balaban J connectivity index is 2.22. The van der Waals surface area contributed by atoms with E-state index >= 15 is 0 Å². The van der Waals surface area contributed by atoms with E-state index in [1.165, 1.54) is 0 Å². The van der Waals surface area contributed by atoms with Crippen molar-refractivity contribution >= 4 is 47.7 Å². The van der Waals surface area contributed by atoms with Gasteiger partial charge in [-0.1, -0.05) is 55.4 Å². The molecular weight excluding hydrogens is 407 g/mol. The van der Waals surface area contributed by atoms with Crippen molar-refractivity contribution in [2.24, 2.45) is 5.73 Å². The molecule has 5 nitrogen and oxygen atoms in total. The highest BCUT2D eigenvalue weighted by atomic mass is 35.5. The molecule has 27 heavy (non-hydrogen) atoms. The molecule has 0 aliphatic heterocycles. The zero-order chi connectivity index (χ0) is 20.0. The summed E-state index contributed by atoms with van der Waals surface area (Å²) in [7, 11) is 0. The number of carbonyl (C=O) groups excluding carboxylic acids is 1. The molecule has 0 aliphatic carbocycles. The van der Waals surface area contributed by atoms with E-state index in [1.807, 2.05) is 6.92 Å². The van der Waals surface area contributed by atoms with Crippen LogP contribution >= 0.6 is 36.0 Å². The molecule has 0 heterocycles. The highest BCUT2D eigenvalue weighted by Gasteiger charge is 2.18. The fourth-order valence-corrected chi connectivity index (χ4v) is 3.22. The van der Waals surface area contributed by atoms with Crippen LogP contribution in [-0.4, -0.2) is 12.3 Å². The van der Waals surface area contributed by atoms with Crippen molar-refractivity contribution in [2.45, 2.75) is 39.4 Å². The molecule has 0 saturated carbocycles. The van der Waals surface area contributed by atoms with Crippen LogP contribution in [0.2, 0.25) is 10.0 Å². The minimum atomic E-state index is -0.688. The summed E-state index contributed by atoms with van der Waals surface area (Å²) in [5, 5.41) is 0.850. The van der Waals surface area contributed by atoms with E-state index in [4.69, 9.17) is 38.4 Å². The van der Waals surface area contributed by atoms with Crippen molar-refractivity contribution in [3.05, 3.63) is 52.0 Å². The van der Waals surface area contributed by atoms with Crippen LogP contribution in [0.15, 0.2) is 36.4 Å². The van der Waals surface area contributed by atoms with Crippen molar-refractivity contribution < 1.29 is 14.3 Å². The molecular formula is C19H22Cl2N2O3S. The molecule has 2 N–H and O–H groups in total. The van der Waals surface area contributed by atoms with Gasteiger partial charge < -0.3 is 15.2 Å². The molecule has 2 aromatic carbocycles. The highest BCUT2D eigenvalue weighted by molar-refractivity contribution is 7.82. The molecule has 1 atom stereocenters. The number of hydrogen-bond donors (Lipinski definition) is 2. The van der Waals surface area contributed by atoms with Crippen molar-refractivity contribution in [1.82, 2.24) is 0 Å². The lowest BCUT2D eigenvalue weighted by molar-refractivity contribution is -0.00194. The Morgan fingerprint density at radius 3 is 2.48 bits per heavy atom. The van der Waals surface area contributed by atoms with Gasteiger partial charge in [0.05, 0.1) is 15.7 Å². The van der Waals surface area contributed by atoms with Crippen molar-refractivity contribution in [3.8, 4) is 11.5 Å². The average Bonchev–Trinajstić information content (AvgIpc) is 2.61. The SMILES string of the molecule is CCCCC(Oc1cccc(N(S)C(N)=O)c1)Oc1c(Cl)cc(C)cc1Cl. The first-order chi connectivity index (χ1) is 12.8. The summed E-state index contributed by atoms with van der Waals surface area (Å²) < 4.78 is 13.0. The normalized spacial score (nSPS) is 11.7. The van der Waals surface area contributed by atoms with Gasteiger partial charge in [-0.2, -0.15) is 0 Å². The quantitative estimate of drug-likeness (QED) is 0.399. The molecule has 0 radical (unpaired) electrons. The second-order valence-corrected chi connectivity index (χ2v) is 7.23. The summed E-state index contributed by atoms with van der Waals surface area (Å²) in [6, 6.07) is 9.72. The van der Waals surface area contributed by atoms with E-state index < -0.39 is 12.3 Å². The number of halogens is 2. The number of anilines is 1. The molecule has 8 heteroatoms. The molecule has 0 aromatic heterocycles. The molecule has 0 spiro atoms. The summed E-state index contributed by atoms with van der Waals surface area (Å²) in [6.45, 7) is 3.98. The van der Waals surface area contributed by atoms with Gasteiger partial charge in [0.15, 0.2) is 5.75 Å². The fourth-order valence-electron chi connectivity index (χ4n) is 2.41. The maximum Gasteiger partial charge on any atom is 0.329 e. The molecule has 0 saturated heterocycles. The first-order valence-electron chi connectivity index (χ1n) is 8.49. The number of nitrogens with two attached hydrogens (primary N) is 1. The molecule has 2 aromatic rings. The van der Waals surface area contributed by atoms with E-state index in [2.05, 4.69) is 19.7 Å². The van der Waals surface area contributed by atoms with Crippen LogP contribution in [0, 0.1) is 6.92 Å². The molecule has 0 bridgehead atoms. The lowest BCUT2D eigenvalue weighted by Gasteiger charge is -2.23. The van der Waals surface area contributed by atoms with Crippen LogP contribution in [0.25, 0.3) is 0 Å². The van der Waals surface area contributed by atoms with Gasteiger partial charge >= 0.3 is 6.03 Å². The van der Waals surface area contributed by atoms with Crippen LogP contribution < -0.4 is 19.5 Å².